The molecule has 2 aromatic carbocycles. The third-order valence-electron chi connectivity index (χ3n) is 10.2. The number of benzene rings is 2. The highest BCUT2D eigenvalue weighted by atomic mass is 19.4. The van der Waals surface area contributed by atoms with Crippen molar-refractivity contribution in [1.29, 1.82) is 0 Å². The average molecular weight is 655 g/mol. The number of carbonyl (C=O) groups is 2. The second-order valence-corrected chi connectivity index (χ2v) is 12.3. The van der Waals surface area contributed by atoms with E-state index in [1.54, 1.807) is 0 Å². The lowest BCUT2D eigenvalue weighted by atomic mass is 9.48. The molecule has 0 amide bonds. The zero-order chi connectivity index (χ0) is 33.6. The topological polar surface area (TPSA) is 97.3 Å². The van der Waals surface area contributed by atoms with Crippen LogP contribution in [0.25, 0.3) is 11.1 Å². The number of hydrogen-bond acceptors (Lipinski definition) is 8. The highest BCUT2D eigenvalue weighted by molar-refractivity contribution is 5.88. The van der Waals surface area contributed by atoms with Gasteiger partial charge in [0.1, 0.15) is 5.75 Å². The summed E-state index contributed by atoms with van der Waals surface area (Å²) >= 11 is 0. The summed E-state index contributed by atoms with van der Waals surface area (Å²) in [6.07, 6.45) is -7.19. The summed E-state index contributed by atoms with van der Waals surface area (Å²) < 4.78 is 99.6. The van der Waals surface area contributed by atoms with Crippen molar-refractivity contribution < 1.29 is 55.2 Å². The maximum atomic E-state index is 13.9. The molecular formula is C32H32F6N2O6. The molecule has 248 valence electrons. The van der Waals surface area contributed by atoms with Crippen molar-refractivity contribution in [3.05, 3.63) is 59.2 Å². The summed E-state index contributed by atoms with van der Waals surface area (Å²) in [5, 5.41) is 15.8. The fourth-order valence-corrected chi connectivity index (χ4v) is 8.59. The van der Waals surface area contributed by atoms with E-state index < -0.39 is 70.0 Å². The Morgan fingerprint density at radius 3 is 2.24 bits per heavy atom. The largest absolute Gasteiger partial charge is 0.496 e. The minimum atomic E-state index is -5.07. The predicted molar refractivity (Wildman–Crippen MR) is 152 cm³/mol. The molecule has 0 aromatic heterocycles. The van der Waals surface area contributed by atoms with Crippen LogP contribution in [0.5, 0.6) is 5.75 Å². The van der Waals surface area contributed by atoms with Crippen molar-refractivity contribution in [3.8, 4) is 16.9 Å². The molecular weight excluding hydrogens is 622 g/mol. The highest BCUT2D eigenvalue weighted by Gasteiger charge is 2.79. The van der Waals surface area contributed by atoms with Gasteiger partial charge < -0.3 is 24.6 Å². The lowest BCUT2D eigenvalue weighted by Gasteiger charge is -2.62. The number of rotatable bonds is 5. The first kappa shape index (κ1) is 32.2. The van der Waals surface area contributed by atoms with Gasteiger partial charge in [-0.05, 0) is 54.8 Å². The van der Waals surface area contributed by atoms with Gasteiger partial charge in [-0.1, -0.05) is 19.1 Å². The van der Waals surface area contributed by atoms with Crippen LogP contribution < -0.4 is 10.1 Å². The Bertz CT molecular complexity index is 1610. The van der Waals surface area contributed by atoms with E-state index in [4.69, 9.17) is 14.2 Å². The van der Waals surface area contributed by atoms with E-state index >= 15 is 0 Å². The number of carbonyl (C=O) groups excluding carboxylic acids is 2. The van der Waals surface area contributed by atoms with E-state index in [2.05, 4.69) is 10.2 Å². The monoisotopic (exact) mass is 654 g/mol. The van der Waals surface area contributed by atoms with Crippen LogP contribution in [0.4, 0.5) is 32.0 Å². The number of alkyl halides is 6. The molecule has 6 atom stereocenters. The molecule has 3 aliphatic heterocycles. The Balaban J connectivity index is 1.65. The summed E-state index contributed by atoms with van der Waals surface area (Å²) in [4.78, 5) is 28.3. The number of anilines is 1. The number of aliphatic hydroxyl groups is 1. The number of esters is 2. The van der Waals surface area contributed by atoms with E-state index in [9.17, 15) is 41.0 Å². The second-order valence-electron chi connectivity index (χ2n) is 12.3. The Kier molecular flexibility index (Phi) is 7.25. The van der Waals surface area contributed by atoms with Crippen molar-refractivity contribution in [1.82, 2.24) is 4.90 Å². The van der Waals surface area contributed by atoms with Crippen molar-refractivity contribution in [3.63, 3.8) is 0 Å². The molecule has 2 aromatic rings. The Labute approximate surface area is 260 Å². The van der Waals surface area contributed by atoms with E-state index in [0.717, 1.165) is 7.11 Å². The Hall–Kier alpha value is -3.78. The molecule has 8 nitrogen and oxygen atoms in total. The van der Waals surface area contributed by atoms with Gasteiger partial charge >= 0.3 is 24.3 Å². The van der Waals surface area contributed by atoms with Crippen LogP contribution in [-0.4, -0.2) is 73.0 Å². The summed E-state index contributed by atoms with van der Waals surface area (Å²) in [7, 11) is 2.33. The van der Waals surface area contributed by atoms with Crippen LogP contribution in [0, 0.1) is 5.41 Å². The van der Waals surface area contributed by atoms with E-state index in [1.165, 1.54) is 26.2 Å². The van der Waals surface area contributed by atoms with Crippen molar-refractivity contribution >= 4 is 17.6 Å². The minimum absolute atomic E-state index is 0.0352. The molecule has 0 bridgehead atoms. The molecule has 14 heteroatoms. The molecule has 1 aliphatic carbocycles. The van der Waals surface area contributed by atoms with Crippen LogP contribution in [0.3, 0.4) is 0 Å². The first-order valence-corrected chi connectivity index (χ1v) is 14.7. The Morgan fingerprint density at radius 2 is 1.70 bits per heavy atom. The van der Waals surface area contributed by atoms with Crippen LogP contribution in [0.15, 0.2) is 42.5 Å². The van der Waals surface area contributed by atoms with Crippen molar-refractivity contribution in [2.75, 3.05) is 32.6 Å². The van der Waals surface area contributed by atoms with Gasteiger partial charge in [0.15, 0.2) is 6.10 Å². The van der Waals surface area contributed by atoms with Gasteiger partial charge in [0.25, 0.3) is 0 Å². The van der Waals surface area contributed by atoms with Gasteiger partial charge in [-0.25, -0.2) is 4.79 Å². The fourth-order valence-electron chi connectivity index (χ4n) is 8.59. The molecule has 46 heavy (non-hydrogen) atoms. The molecule has 3 heterocycles. The van der Waals surface area contributed by atoms with Gasteiger partial charge in [0.05, 0.1) is 31.4 Å². The zero-order valence-electron chi connectivity index (χ0n) is 25.3. The summed E-state index contributed by atoms with van der Waals surface area (Å²) in [5.74, 6) is -1.83. The quantitative estimate of drug-likeness (QED) is 0.254. The van der Waals surface area contributed by atoms with Crippen LogP contribution in [0.1, 0.15) is 43.4 Å². The smallest absolute Gasteiger partial charge is 0.416 e. The summed E-state index contributed by atoms with van der Waals surface area (Å²) in [6.45, 7) is 3.96. The third-order valence-corrected chi connectivity index (χ3v) is 10.2. The van der Waals surface area contributed by atoms with E-state index in [-0.39, 0.29) is 22.9 Å². The predicted octanol–water partition coefficient (Wildman–Crippen LogP) is 5.32. The number of nitrogens with one attached hydrogen (secondary N) is 1. The SMILES string of the molecule is CC[C@]12C=CCN3CC[C@@]4(c5cc(-c6cc(C(F)(F)F)cc(C(F)(F)F)c6)c(OC)cc5NC4[C@@](O)(C(=O)OC)[C@@H]1OC(C)=O)[C@@H]32. The number of hydrogen-bond donors (Lipinski definition) is 2. The minimum Gasteiger partial charge on any atom is -0.496 e. The van der Waals surface area contributed by atoms with Crippen LogP contribution in [-0.2, 0) is 36.8 Å². The highest BCUT2D eigenvalue weighted by Crippen LogP contribution is 2.66. The van der Waals surface area contributed by atoms with Crippen LogP contribution in [0.2, 0.25) is 0 Å². The molecule has 2 fully saturated rings. The first-order valence-electron chi connectivity index (χ1n) is 14.7. The first-order chi connectivity index (χ1) is 21.5. The lowest BCUT2D eigenvalue weighted by Crippen LogP contribution is -2.80. The maximum absolute atomic E-state index is 13.9. The molecule has 2 N–H and O–H groups in total. The summed E-state index contributed by atoms with van der Waals surface area (Å²) in [5.41, 5.74) is -7.27. The molecule has 4 aliphatic rings. The number of ether oxygens (including phenoxy) is 3. The van der Waals surface area contributed by atoms with Crippen molar-refractivity contribution in [2.45, 2.75) is 68.2 Å². The summed E-state index contributed by atoms with van der Waals surface area (Å²) in [6, 6.07) is 2.60. The van der Waals surface area contributed by atoms with E-state index in [0.29, 0.717) is 49.3 Å². The second kappa shape index (κ2) is 10.4. The van der Waals surface area contributed by atoms with E-state index in [1.807, 2.05) is 19.1 Å². The zero-order valence-corrected chi connectivity index (χ0v) is 25.3. The number of halogens is 6. The maximum Gasteiger partial charge on any atom is 0.416 e. The Morgan fingerprint density at radius 1 is 1.04 bits per heavy atom. The fraction of sp³-hybridized carbons (Fsp3) is 0.500. The normalized spacial score (nSPS) is 31.4. The molecule has 1 saturated carbocycles. The van der Waals surface area contributed by atoms with Crippen LogP contribution >= 0.6 is 0 Å². The molecule has 1 saturated heterocycles. The standard InChI is InChI=1S/C32H32F6N2O6/c1-5-28-7-6-9-40-10-8-29(25(28)40)21-14-20(17-11-18(31(33,34)35)13-19(12-17)32(36,37)38)23(44-3)15-22(21)39-24(29)30(43,27(42)45-4)26(28)46-16(2)41/h6-7,11-15,24-26,39,43H,5,8-10H2,1-4H3/t24?,25-,26+,28+,29-,30-/m0/s1. The third kappa shape index (κ3) is 4.28. The number of methoxy groups -OCH3 is 2. The number of nitrogens with zero attached hydrogens (tertiary/aromatic N) is 1. The van der Waals surface area contributed by atoms with Gasteiger partial charge in [-0.2, -0.15) is 26.3 Å². The molecule has 1 spiro atoms. The average Bonchev–Trinajstić information content (AvgIpc) is 3.56. The van der Waals surface area contributed by atoms with Gasteiger partial charge in [0, 0.05) is 47.7 Å². The molecule has 6 rings (SSSR count). The molecule has 0 radical (unpaired) electrons. The number of fused-ring (bicyclic) bond motifs is 1. The van der Waals surface area contributed by atoms with Gasteiger partial charge in [0.2, 0.25) is 5.60 Å². The van der Waals surface area contributed by atoms with Gasteiger partial charge in [-0.15, -0.1) is 0 Å². The van der Waals surface area contributed by atoms with Crippen molar-refractivity contribution in [2.24, 2.45) is 5.41 Å². The van der Waals surface area contributed by atoms with Gasteiger partial charge in [-0.3, -0.25) is 9.69 Å². The lowest BCUT2D eigenvalue weighted by molar-refractivity contribution is -0.226. The molecule has 1 unspecified atom stereocenters.